The van der Waals surface area contributed by atoms with Crippen LogP contribution in [0, 0.1) is 6.92 Å². The van der Waals surface area contributed by atoms with Crippen LogP contribution >= 0.6 is 11.6 Å². The lowest BCUT2D eigenvalue weighted by molar-refractivity contribution is 0.0978. The summed E-state index contributed by atoms with van der Waals surface area (Å²) in [6, 6.07) is 4.79. The molecule has 0 aliphatic rings. The Balaban J connectivity index is 3.21. The van der Waals surface area contributed by atoms with E-state index in [4.69, 9.17) is 11.6 Å². The van der Waals surface area contributed by atoms with Crippen molar-refractivity contribution >= 4 is 27.2 Å². The molecule has 0 amide bonds. The number of ketones is 1. The zero-order chi connectivity index (χ0) is 13.1. The molecule has 0 aliphatic heterocycles. The van der Waals surface area contributed by atoms with Gasteiger partial charge in [-0.3, -0.25) is 4.79 Å². The molecule has 0 aromatic heterocycles. The fraction of sp³-hybridized carbons (Fsp3) is 0.417. The number of benzene rings is 1. The molecule has 0 fully saturated rings. The summed E-state index contributed by atoms with van der Waals surface area (Å²) < 4.78 is 23.1. The lowest BCUT2D eigenvalue weighted by Crippen LogP contribution is -2.09. The maximum absolute atomic E-state index is 11.9. The van der Waals surface area contributed by atoms with Crippen LogP contribution in [0.15, 0.2) is 23.1 Å². The lowest BCUT2D eigenvalue weighted by Gasteiger charge is -2.07. The number of hydrogen-bond acceptors (Lipinski definition) is 3. The molecule has 0 bridgehead atoms. The van der Waals surface area contributed by atoms with Crippen molar-refractivity contribution in [2.24, 2.45) is 0 Å². The molecule has 0 radical (unpaired) electrons. The second-order valence-corrected chi connectivity index (χ2v) is 6.35. The van der Waals surface area contributed by atoms with Gasteiger partial charge in [-0.25, -0.2) is 8.42 Å². The maximum atomic E-state index is 11.9. The minimum Gasteiger partial charge on any atom is -0.294 e. The Morgan fingerprint density at radius 2 is 2.00 bits per heavy atom. The molecule has 0 heterocycles. The Labute approximate surface area is 107 Å². The number of alkyl halides is 1. The molecule has 1 aromatic rings. The average Bonchev–Trinajstić information content (AvgIpc) is 2.24. The second-order valence-electron chi connectivity index (χ2n) is 3.99. The number of halogens is 1. The van der Waals surface area contributed by atoms with Crippen molar-refractivity contribution in [3.63, 3.8) is 0 Å². The minimum atomic E-state index is -3.37. The topological polar surface area (TPSA) is 51.2 Å². The molecule has 1 rings (SSSR count). The van der Waals surface area contributed by atoms with Crippen molar-refractivity contribution in [1.29, 1.82) is 0 Å². The third kappa shape index (κ3) is 3.82. The van der Waals surface area contributed by atoms with E-state index < -0.39 is 9.84 Å². The summed E-state index contributed by atoms with van der Waals surface area (Å²) >= 11 is 5.52. The highest BCUT2D eigenvalue weighted by molar-refractivity contribution is 7.90. The molecule has 0 N–H and O–H groups in total. The number of aryl methyl sites for hydroxylation is 1. The molecule has 0 atom stereocenters. The monoisotopic (exact) mass is 274 g/mol. The summed E-state index contributed by atoms with van der Waals surface area (Å²) in [4.78, 5) is 12.0. The van der Waals surface area contributed by atoms with Crippen LogP contribution < -0.4 is 0 Å². The summed E-state index contributed by atoms with van der Waals surface area (Å²) in [5, 5.41) is 0. The molecule has 0 aliphatic carbocycles. The van der Waals surface area contributed by atoms with Gasteiger partial charge in [-0.2, -0.15) is 0 Å². The SMILES string of the molecule is Cc1ccc(S(C)(=O)=O)c(C(=O)CCCCl)c1. The highest BCUT2D eigenvalue weighted by atomic mass is 35.5. The molecule has 1 aromatic carbocycles. The van der Waals surface area contributed by atoms with Crippen LogP contribution in [0.3, 0.4) is 0 Å². The van der Waals surface area contributed by atoms with Gasteiger partial charge in [0.1, 0.15) is 0 Å². The first kappa shape index (κ1) is 14.2. The van der Waals surface area contributed by atoms with E-state index in [0.717, 1.165) is 11.8 Å². The van der Waals surface area contributed by atoms with Crippen molar-refractivity contribution in [2.45, 2.75) is 24.7 Å². The molecule has 17 heavy (non-hydrogen) atoms. The maximum Gasteiger partial charge on any atom is 0.176 e. The van der Waals surface area contributed by atoms with Crippen LogP contribution in [0.5, 0.6) is 0 Å². The first-order chi connectivity index (χ1) is 7.86. The number of carbonyl (C=O) groups excluding carboxylic acids is 1. The summed E-state index contributed by atoms with van der Waals surface area (Å²) in [6.07, 6.45) is 1.93. The molecule has 0 spiro atoms. The Bertz CT molecular complexity index is 521. The average molecular weight is 275 g/mol. The van der Waals surface area contributed by atoms with Crippen molar-refractivity contribution in [2.75, 3.05) is 12.1 Å². The molecule has 0 unspecified atom stereocenters. The van der Waals surface area contributed by atoms with Crippen LogP contribution in [-0.4, -0.2) is 26.3 Å². The van der Waals surface area contributed by atoms with Gasteiger partial charge >= 0.3 is 0 Å². The highest BCUT2D eigenvalue weighted by Crippen LogP contribution is 2.19. The van der Waals surface area contributed by atoms with Crippen molar-refractivity contribution in [3.05, 3.63) is 29.3 Å². The summed E-state index contributed by atoms with van der Waals surface area (Å²) in [5.41, 5.74) is 1.14. The zero-order valence-corrected chi connectivity index (χ0v) is 11.4. The molecule has 0 saturated carbocycles. The Morgan fingerprint density at radius 3 is 2.53 bits per heavy atom. The minimum absolute atomic E-state index is 0.0997. The number of sulfone groups is 1. The largest absolute Gasteiger partial charge is 0.294 e. The van der Waals surface area contributed by atoms with Gasteiger partial charge in [0, 0.05) is 24.1 Å². The van der Waals surface area contributed by atoms with Crippen LogP contribution in [0.1, 0.15) is 28.8 Å². The summed E-state index contributed by atoms with van der Waals surface area (Å²) in [6.45, 7) is 1.82. The van der Waals surface area contributed by atoms with Crippen LogP contribution in [0.25, 0.3) is 0 Å². The Kier molecular flexibility index (Phi) is 4.71. The standard InChI is InChI=1S/C12H15ClO3S/c1-9-5-6-12(17(2,15)16)10(8-9)11(14)4-3-7-13/h5-6,8H,3-4,7H2,1-2H3. The predicted octanol–water partition coefficient (Wildman–Crippen LogP) is 2.60. The van der Waals surface area contributed by atoms with E-state index >= 15 is 0 Å². The number of carbonyl (C=O) groups is 1. The first-order valence-electron chi connectivity index (χ1n) is 5.26. The van der Waals surface area contributed by atoms with E-state index in [1.54, 1.807) is 12.1 Å². The van der Waals surface area contributed by atoms with E-state index in [1.807, 2.05) is 6.92 Å². The number of Topliss-reactive ketones (excluding diaryl/α,β-unsaturated/α-hetero) is 1. The number of hydrogen-bond donors (Lipinski definition) is 0. The van der Waals surface area contributed by atoms with Gasteiger partial charge in [0.25, 0.3) is 0 Å². The van der Waals surface area contributed by atoms with Gasteiger partial charge in [-0.05, 0) is 25.5 Å². The molecular formula is C12H15ClO3S. The highest BCUT2D eigenvalue weighted by Gasteiger charge is 2.18. The van der Waals surface area contributed by atoms with Gasteiger partial charge in [0.2, 0.25) is 0 Å². The fourth-order valence-corrected chi connectivity index (χ4v) is 2.57. The van der Waals surface area contributed by atoms with E-state index in [1.165, 1.54) is 6.07 Å². The first-order valence-corrected chi connectivity index (χ1v) is 7.68. The second kappa shape index (κ2) is 5.65. The van der Waals surface area contributed by atoms with Gasteiger partial charge < -0.3 is 0 Å². The van der Waals surface area contributed by atoms with Gasteiger partial charge in [-0.15, -0.1) is 11.6 Å². The van der Waals surface area contributed by atoms with Crippen LogP contribution in [0.2, 0.25) is 0 Å². The molecule has 3 nitrogen and oxygen atoms in total. The van der Waals surface area contributed by atoms with E-state index in [2.05, 4.69) is 0 Å². The van der Waals surface area contributed by atoms with Crippen molar-refractivity contribution in [1.82, 2.24) is 0 Å². The fourth-order valence-electron chi connectivity index (χ4n) is 1.55. The quantitative estimate of drug-likeness (QED) is 0.613. The molecule has 94 valence electrons. The van der Waals surface area contributed by atoms with Crippen molar-refractivity contribution < 1.29 is 13.2 Å². The predicted molar refractivity (Wildman–Crippen MR) is 68.6 cm³/mol. The van der Waals surface area contributed by atoms with E-state index in [9.17, 15) is 13.2 Å². The third-order valence-corrected chi connectivity index (χ3v) is 3.79. The zero-order valence-electron chi connectivity index (χ0n) is 9.86. The van der Waals surface area contributed by atoms with Crippen LogP contribution in [0.4, 0.5) is 0 Å². The molecule has 5 heteroatoms. The van der Waals surface area contributed by atoms with Gasteiger partial charge in [0.05, 0.1) is 4.90 Å². The summed E-state index contributed by atoms with van der Waals surface area (Å²) in [7, 11) is -3.37. The smallest absolute Gasteiger partial charge is 0.176 e. The number of rotatable bonds is 5. The molecular weight excluding hydrogens is 260 g/mol. The Hall–Kier alpha value is -0.870. The van der Waals surface area contributed by atoms with Crippen LogP contribution in [-0.2, 0) is 9.84 Å². The molecule has 0 saturated heterocycles. The van der Waals surface area contributed by atoms with Crippen molar-refractivity contribution in [3.8, 4) is 0 Å². The third-order valence-electron chi connectivity index (χ3n) is 2.37. The lowest BCUT2D eigenvalue weighted by atomic mass is 10.0. The van der Waals surface area contributed by atoms with E-state index in [-0.39, 0.29) is 22.7 Å². The summed E-state index contributed by atoms with van der Waals surface area (Å²) in [5.74, 6) is 0.223. The van der Waals surface area contributed by atoms with E-state index in [0.29, 0.717) is 12.3 Å². The van der Waals surface area contributed by atoms with Gasteiger partial charge in [-0.1, -0.05) is 11.6 Å². The normalized spacial score (nSPS) is 11.5. The van der Waals surface area contributed by atoms with Gasteiger partial charge in [0.15, 0.2) is 15.6 Å². The Morgan fingerprint density at radius 1 is 1.35 bits per heavy atom.